The van der Waals surface area contributed by atoms with Crippen molar-refractivity contribution in [3.05, 3.63) is 50.6 Å². The van der Waals surface area contributed by atoms with Gasteiger partial charge in [-0.3, -0.25) is 0 Å². The topological polar surface area (TPSA) is 0 Å². The van der Waals surface area contributed by atoms with Gasteiger partial charge in [0.25, 0.3) is 0 Å². The van der Waals surface area contributed by atoms with E-state index in [0.29, 0.717) is 0 Å². The summed E-state index contributed by atoms with van der Waals surface area (Å²) in [6.45, 7) is 25.0. The van der Waals surface area contributed by atoms with Gasteiger partial charge in [0.2, 0.25) is 0 Å². The standard InChI is InChI=1S/4C3H6.C2H6/c4*1-3-2;1-2/h4*3H,1H2,2H3;1-2H3. The molecular weight excluding hydrogens is 168 g/mol. The van der Waals surface area contributed by atoms with Crippen molar-refractivity contribution < 1.29 is 0 Å². The molecule has 0 aliphatic heterocycles. The van der Waals surface area contributed by atoms with Crippen molar-refractivity contribution in [1.29, 1.82) is 0 Å². The van der Waals surface area contributed by atoms with Crippen LogP contribution in [0.15, 0.2) is 50.6 Å². The lowest BCUT2D eigenvalue weighted by molar-refractivity contribution is 1.50. The maximum absolute atomic E-state index is 3.36. The van der Waals surface area contributed by atoms with Crippen LogP contribution in [0.1, 0.15) is 41.5 Å². The molecule has 0 heteroatoms. The van der Waals surface area contributed by atoms with Gasteiger partial charge in [-0.25, -0.2) is 0 Å². The van der Waals surface area contributed by atoms with E-state index in [-0.39, 0.29) is 0 Å². The van der Waals surface area contributed by atoms with Crippen LogP contribution >= 0.6 is 0 Å². The Kier molecular flexibility index (Phi) is 343. The van der Waals surface area contributed by atoms with Gasteiger partial charge in [0.1, 0.15) is 0 Å². The molecule has 0 aliphatic rings. The minimum absolute atomic E-state index is 1.75. The van der Waals surface area contributed by atoms with Crippen molar-refractivity contribution in [2.75, 3.05) is 0 Å². The summed E-state index contributed by atoms with van der Waals surface area (Å²) in [4.78, 5) is 0. The van der Waals surface area contributed by atoms with Gasteiger partial charge in [0.15, 0.2) is 0 Å². The quantitative estimate of drug-likeness (QED) is 0.432. The summed E-state index contributed by atoms with van der Waals surface area (Å²) >= 11 is 0. The summed E-state index contributed by atoms with van der Waals surface area (Å²) in [6, 6.07) is 0. The molecule has 0 bridgehead atoms. The van der Waals surface area contributed by atoms with Crippen LogP contribution < -0.4 is 0 Å². The molecule has 0 aliphatic carbocycles. The summed E-state index contributed by atoms with van der Waals surface area (Å²) < 4.78 is 0. The van der Waals surface area contributed by atoms with E-state index in [4.69, 9.17) is 0 Å². The van der Waals surface area contributed by atoms with E-state index in [0.717, 1.165) is 0 Å². The molecule has 0 saturated carbocycles. The molecule has 0 aromatic carbocycles. The fourth-order valence-corrected chi connectivity index (χ4v) is 0. The molecule has 0 fully saturated rings. The molecule has 86 valence electrons. The number of allylic oxidation sites excluding steroid dienone is 4. The molecule has 0 unspecified atom stereocenters. The Balaban J connectivity index is -0.0000000243. The summed E-state index contributed by atoms with van der Waals surface area (Å²) in [6.07, 6.45) is 7.00. The fraction of sp³-hybridized carbons (Fsp3) is 0.429. The van der Waals surface area contributed by atoms with E-state index in [9.17, 15) is 0 Å². The van der Waals surface area contributed by atoms with Gasteiger partial charge in [-0.05, 0) is 27.7 Å². The summed E-state index contributed by atoms with van der Waals surface area (Å²) in [5.74, 6) is 0. The van der Waals surface area contributed by atoms with E-state index in [1.54, 1.807) is 24.3 Å². The summed E-state index contributed by atoms with van der Waals surface area (Å²) in [5, 5.41) is 0. The average Bonchev–Trinajstić information content (AvgIpc) is 2.12. The van der Waals surface area contributed by atoms with E-state index >= 15 is 0 Å². The fourth-order valence-electron chi connectivity index (χ4n) is 0. The third-order valence-electron chi connectivity index (χ3n) is 0. The minimum Gasteiger partial charge on any atom is -0.103 e. The smallest absolute Gasteiger partial charge is 0.0473 e. The lowest BCUT2D eigenvalue weighted by Gasteiger charge is -1.31. The van der Waals surface area contributed by atoms with Crippen LogP contribution in [0.5, 0.6) is 0 Å². The molecule has 0 rings (SSSR count). The molecule has 14 heavy (non-hydrogen) atoms. The first kappa shape index (κ1) is 29.3. The van der Waals surface area contributed by atoms with E-state index in [1.807, 2.05) is 41.5 Å². The van der Waals surface area contributed by atoms with Gasteiger partial charge in [-0.15, -0.1) is 26.3 Å². The van der Waals surface area contributed by atoms with Gasteiger partial charge in [-0.1, -0.05) is 38.2 Å². The highest BCUT2D eigenvalue weighted by atomic mass is 13.2. The highest BCUT2D eigenvalue weighted by Crippen LogP contribution is 1.39. The van der Waals surface area contributed by atoms with Crippen LogP contribution in [-0.4, -0.2) is 0 Å². The molecule has 0 nitrogen and oxygen atoms in total. The van der Waals surface area contributed by atoms with Gasteiger partial charge in [-0.2, -0.15) is 0 Å². The van der Waals surface area contributed by atoms with Gasteiger partial charge in [0.05, 0.1) is 0 Å². The maximum atomic E-state index is 3.36. The first-order valence-electron chi connectivity index (χ1n) is 4.94. The minimum atomic E-state index is 1.75. The summed E-state index contributed by atoms with van der Waals surface area (Å²) in [7, 11) is 0. The van der Waals surface area contributed by atoms with Gasteiger partial charge < -0.3 is 0 Å². The number of rotatable bonds is 0. The second-order valence-electron chi connectivity index (χ2n) is 1.63. The Morgan fingerprint density at radius 1 is 0.500 bits per heavy atom. The molecule has 0 heterocycles. The van der Waals surface area contributed by atoms with Crippen LogP contribution in [0, 0.1) is 0 Å². The second kappa shape index (κ2) is 164. The van der Waals surface area contributed by atoms with E-state index in [2.05, 4.69) is 26.3 Å². The Bertz CT molecular complexity index is 54.0. The molecule has 0 saturated heterocycles. The van der Waals surface area contributed by atoms with Gasteiger partial charge >= 0.3 is 0 Å². The number of hydrogen-bond acceptors (Lipinski definition) is 0. The van der Waals surface area contributed by atoms with Crippen molar-refractivity contribution in [2.24, 2.45) is 0 Å². The Labute approximate surface area is 92.7 Å². The van der Waals surface area contributed by atoms with Crippen LogP contribution in [0.3, 0.4) is 0 Å². The average molecular weight is 198 g/mol. The Hall–Kier alpha value is -1.04. The zero-order valence-electron chi connectivity index (χ0n) is 11.1. The lowest BCUT2D eigenvalue weighted by Crippen LogP contribution is -1.07. The van der Waals surface area contributed by atoms with Crippen LogP contribution in [-0.2, 0) is 0 Å². The van der Waals surface area contributed by atoms with Crippen molar-refractivity contribution in [2.45, 2.75) is 41.5 Å². The highest BCUT2D eigenvalue weighted by molar-refractivity contribution is 4.52. The molecule has 0 radical (unpaired) electrons. The first-order valence-corrected chi connectivity index (χ1v) is 4.94. The first-order chi connectivity index (χ1) is 6.66. The zero-order valence-corrected chi connectivity index (χ0v) is 11.1. The molecule has 0 amide bonds. The Morgan fingerprint density at radius 2 is 0.500 bits per heavy atom. The predicted octanol–water partition coefficient (Wildman–Crippen LogP) is 5.80. The van der Waals surface area contributed by atoms with Crippen LogP contribution in [0.25, 0.3) is 0 Å². The molecule has 0 aromatic heterocycles. The monoisotopic (exact) mass is 198 g/mol. The second-order valence-corrected chi connectivity index (χ2v) is 1.63. The van der Waals surface area contributed by atoms with Crippen molar-refractivity contribution in [3.8, 4) is 0 Å². The highest BCUT2D eigenvalue weighted by Gasteiger charge is 1.15. The van der Waals surface area contributed by atoms with E-state index in [1.165, 1.54) is 0 Å². The van der Waals surface area contributed by atoms with Crippen molar-refractivity contribution in [1.82, 2.24) is 0 Å². The SMILES string of the molecule is C=CC.C=CC.C=CC.C=CC.CC. The number of hydrogen-bond donors (Lipinski definition) is 0. The van der Waals surface area contributed by atoms with E-state index < -0.39 is 0 Å². The molecule has 0 N–H and O–H groups in total. The lowest BCUT2D eigenvalue weighted by atomic mass is 10.8. The van der Waals surface area contributed by atoms with Crippen LogP contribution in [0.2, 0.25) is 0 Å². The maximum Gasteiger partial charge on any atom is -0.0473 e. The van der Waals surface area contributed by atoms with Crippen LogP contribution in [0.4, 0.5) is 0 Å². The third-order valence-corrected chi connectivity index (χ3v) is 0. The Morgan fingerprint density at radius 3 is 0.500 bits per heavy atom. The normalized spacial score (nSPS) is 4.14. The van der Waals surface area contributed by atoms with Gasteiger partial charge in [0, 0.05) is 0 Å². The van der Waals surface area contributed by atoms with Crippen molar-refractivity contribution >= 4 is 0 Å². The molecule has 0 aromatic rings. The van der Waals surface area contributed by atoms with Crippen molar-refractivity contribution in [3.63, 3.8) is 0 Å². The zero-order chi connectivity index (χ0) is 12.8. The molecule has 0 spiro atoms. The molecular formula is C14H30. The largest absolute Gasteiger partial charge is 0.103 e. The predicted molar refractivity (Wildman–Crippen MR) is 74.8 cm³/mol. The third kappa shape index (κ3) is 1010. The summed E-state index contributed by atoms with van der Waals surface area (Å²) in [5.41, 5.74) is 0. The molecule has 0 atom stereocenters.